The van der Waals surface area contributed by atoms with Crippen molar-refractivity contribution in [3.63, 3.8) is 0 Å². The minimum Gasteiger partial charge on any atom is -0.334 e. The fourth-order valence-corrected chi connectivity index (χ4v) is 4.16. The summed E-state index contributed by atoms with van der Waals surface area (Å²) < 4.78 is 0. The zero-order valence-corrected chi connectivity index (χ0v) is 13.4. The average Bonchev–Trinajstić information content (AvgIpc) is 3.08. The molecule has 2 heterocycles. The van der Waals surface area contributed by atoms with Crippen molar-refractivity contribution in [2.45, 2.75) is 58.5 Å². The lowest BCUT2D eigenvalue weighted by atomic mass is 9.97. The van der Waals surface area contributed by atoms with Crippen LogP contribution in [0.25, 0.3) is 0 Å². The predicted molar refractivity (Wildman–Crippen MR) is 85.7 cm³/mol. The molecule has 0 radical (unpaired) electrons. The molecule has 1 aromatic carbocycles. The van der Waals surface area contributed by atoms with Crippen molar-refractivity contribution in [3.05, 3.63) is 34.4 Å². The number of nitrogens with one attached hydrogen (secondary N) is 1. The maximum absolute atomic E-state index is 13.1. The van der Waals surface area contributed by atoms with Crippen molar-refractivity contribution in [1.29, 1.82) is 0 Å². The van der Waals surface area contributed by atoms with Gasteiger partial charge in [-0.15, -0.1) is 0 Å². The van der Waals surface area contributed by atoms with Gasteiger partial charge in [0, 0.05) is 24.2 Å². The topological polar surface area (TPSA) is 32.3 Å². The SMILES string of the molecule is Cc1cc(C)c(C(=O)N2CCCC2C2CCCN2)c(C)c1. The lowest BCUT2D eigenvalue weighted by Crippen LogP contribution is -2.46. The highest BCUT2D eigenvalue weighted by molar-refractivity contribution is 5.97. The summed E-state index contributed by atoms with van der Waals surface area (Å²) in [5, 5.41) is 3.58. The molecular formula is C18H26N2O. The van der Waals surface area contributed by atoms with Crippen LogP contribution in [0.5, 0.6) is 0 Å². The smallest absolute Gasteiger partial charge is 0.254 e. The third-order valence-electron chi connectivity index (χ3n) is 5.01. The number of hydrogen-bond acceptors (Lipinski definition) is 2. The van der Waals surface area contributed by atoms with E-state index in [9.17, 15) is 4.79 Å². The summed E-state index contributed by atoms with van der Waals surface area (Å²) >= 11 is 0. The van der Waals surface area contributed by atoms with Crippen molar-refractivity contribution in [1.82, 2.24) is 10.2 Å². The molecule has 0 spiro atoms. The summed E-state index contributed by atoms with van der Waals surface area (Å²) in [7, 11) is 0. The molecule has 3 nitrogen and oxygen atoms in total. The van der Waals surface area contributed by atoms with E-state index < -0.39 is 0 Å². The Kier molecular flexibility index (Phi) is 4.03. The number of likely N-dealkylation sites (tertiary alicyclic amines) is 1. The maximum Gasteiger partial charge on any atom is 0.254 e. The molecule has 1 amide bonds. The molecule has 2 unspecified atom stereocenters. The van der Waals surface area contributed by atoms with Gasteiger partial charge in [-0.05, 0) is 64.1 Å². The van der Waals surface area contributed by atoms with E-state index in [4.69, 9.17) is 0 Å². The summed E-state index contributed by atoms with van der Waals surface area (Å²) in [4.78, 5) is 15.2. The zero-order chi connectivity index (χ0) is 15.0. The summed E-state index contributed by atoms with van der Waals surface area (Å²) in [5.41, 5.74) is 4.38. The predicted octanol–water partition coefficient (Wildman–Crippen LogP) is 2.97. The first-order valence-electron chi connectivity index (χ1n) is 8.20. The van der Waals surface area contributed by atoms with Crippen molar-refractivity contribution < 1.29 is 4.79 Å². The minimum atomic E-state index is 0.237. The van der Waals surface area contributed by atoms with Gasteiger partial charge in [0.1, 0.15) is 0 Å². The van der Waals surface area contributed by atoms with Gasteiger partial charge in [-0.25, -0.2) is 0 Å². The zero-order valence-electron chi connectivity index (χ0n) is 13.4. The molecule has 2 aliphatic heterocycles. The van der Waals surface area contributed by atoms with Gasteiger partial charge in [-0.2, -0.15) is 0 Å². The van der Waals surface area contributed by atoms with Gasteiger partial charge in [0.25, 0.3) is 5.91 Å². The van der Waals surface area contributed by atoms with E-state index >= 15 is 0 Å². The second-order valence-corrected chi connectivity index (χ2v) is 6.68. The Bertz CT molecular complexity index is 523. The maximum atomic E-state index is 13.1. The number of hydrogen-bond donors (Lipinski definition) is 1. The molecule has 1 aromatic rings. The molecule has 2 fully saturated rings. The van der Waals surface area contributed by atoms with E-state index in [-0.39, 0.29) is 5.91 Å². The standard InChI is InChI=1S/C18H26N2O/c1-12-10-13(2)17(14(3)11-12)18(21)20-9-5-7-16(20)15-6-4-8-19-15/h10-11,15-16,19H,4-9H2,1-3H3. The van der Waals surface area contributed by atoms with Gasteiger partial charge in [-0.3, -0.25) is 4.79 Å². The Morgan fingerprint density at radius 1 is 1.14 bits per heavy atom. The highest BCUT2D eigenvalue weighted by Gasteiger charge is 2.36. The third kappa shape index (κ3) is 2.71. The Balaban J connectivity index is 1.87. The molecule has 2 atom stereocenters. The average molecular weight is 286 g/mol. The molecule has 114 valence electrons. The van der Waals surface area contributed by atoms with Crippen LogP contribution in [-0.2, 0) is 0 Å². The van der Waals surface area contributed by atoms with Gasteiger partial charge in [0.2, 0.25) is 0 Å². The fraction of sp³-hybridized carbons (Fsp3) is 0.611. The van der Waals surface area contributed by atoms with Crippen molar-refractivity contribution in [2.75, 3.05) is 13.1 Å². The number of benzene rings is 1. The molecule has 2 aliphatic rings. The number of aryl methyl sites for hydroxylation is 3. The first-order valence-corrected chi connectivity index (χ1v) is 8.20. The van der Waals surface area contributed by atoms with Crippen LogP contribution in [0, 0.1) is 20.8 Å². The summed E-state index contributed by atoms with van der Waals surface area (Å²) in [5.74, 6) is 0.237. The molecule has 21 heavy (non-hydrogen) atoms. The number of rotatable bonds is 2. The Hall–Kier alpha value is -1.35. The molecular weight excluding hydrogens is 260 g/mol. The van der Waals surface area contributed by atoms with E-state index in [1.165, 1.54) is 18.4 Å². The number of carbonyl (C=O) groups excluding carboxylic acids is 1. The van der Waals surface area contributed by atoms with Crippen LogP contribution in [-0.4, -0.2) is 36.0 Å². The molecule has 2 saturated heterocycles. The monoisotopic (exact) mass is 286 g/mol. The molecule has 3 heteroatoms. The second kappa shape index (κ2) is 5.80. The summed E-state index contributed by atoms with van der Waals surface area (Å²) in [6.07, 6.45) is 4.73. The second-order valence-electron chi connectivity index (χ2n) is 6.68. The highest BCUT2D eigenvalue weighted by atomic mass is 16.2. The van der Waals surface area contributed by atoms with E-state index in [1.807, 2.05) is 0 Å². The van der Waals surface area contributed by atoms with Crippen LogP contribution < -0.4 is 5.32 Å². The number of nitrogens with zero attached hydrogens (tertiary/aromatic N) is 1. The summed E-state index contributed by atoms with van der Waals surface area (Å²) in [6, 6.07) is 5.14. The van der Waals surface area contributed by atoms with Crippen LogP contribution >= 0.6 is 0 Å². The van der Waals surface area contributed by atoms with Crippen molar-refractivity contribution >= 4 is 5.91 Å². The molecule has 0 aliphatic carbocycles. The summed E-state index contributed by atoms with van der Waals surface area (Å²) in [6.45, 7) is 8.23. The first-order chi connectivity index (χ1) is 10.1. The van der Waals surface area contributed by atoms with Crippen LogP contribution in [0.15, 0.2) is 12.1 Å². The Morgan fingerprint density at radius 3 is 2.48 bits per heavy atom. The van der Waals surface area contributed by atoms with Gasteiger partial charge >= 0.3 is 0 Å². The number of amides is 1. The van der Waals surface area contributed by atoms with Gasteiger partial charge in [0.05, 0.1) is 0 Å². The molecule has 3 rings (SSSR count). The lowest BCUT2D eigenvalue weighted by molar-refractivity contribution is 0.0710. The number of carbonyl (C=O) groups is 1. The quantitative estimate of drug-likeness (QED) is 0.906. The lowest BCUT2D eigenvalue weighted by Gasteiger charge is -2.30. The molecule has 0 bridgehead atoms. The molecule has 1 N–H and O–H groups in total. The van der Waals surface area contributed by atoms with Crippen LogP contribution in [0.4, 0.5) is 0 Å². The molecule has 0 aromatic heterocycles. The Labute approximate surface area is 127 Å². The van der Waals surface area contributed by atoms with Gasteiger partial charge in [-0.1, -0.05) is 17.7 Å². The van der Waals surface area contributed by atoms with E-state index in [0.717, 1.165) is 42.6 Å². The third-order valence-corrected chi connectivity index (χ3v) is 5.01. The normalized spacial score (nSPS) is 25.6. The van der Waals surface area contributed by atoms with Crippen molar-refractivity contribution in [3.8, 4) is 0 Å². The molecule has 0 saturated carbocycles. The first kappa shape index (κ1) is 14.6. The van der Waals surface area contributed by atoms with Crippen molar-refractivity contribution in [2.24, 2.45) is 0 Å². The van der Waals surface area contributed by atoms with Gasteiger partial charge < -0.3 is 10.2 Å². The largest absolute Gasteiger partial charge is 0.334 e. The minimum absolute atomic E-state index is 0.237. The highest BCUT2D eigenvalue weighted by Crippen LogP contribution is 2.28. The fourth-order valence-electron chi connectivity index (χ4n) is 4.16. The van der Waals surface area contributed by atoms with E-state index in [2.05, 4.69) is 43.1 Å². The van der Waals surface area contributed by atoms with Crippen LogP contribution in [0.2, 0.25) is 0 Å². The Morgan fingerprint density at radius 2 is 1.86 bits per heavy atom. The van der Waals surface area contributed by atoms with E-state index in [0.29, 0.717) is 12.1 Å². The van der Waals surface area contributed by atoms with E-state index in [1.54, 1.807) is 0 Å². The van der Waals surface area contributed by atoms with Gasteiger partial charge in [0.15, 0.2) is 0 Å². The van der Waals surface area contributed by atoms with Crippen LogP contribution in [0.3, 0.4) is 0 Å². The van der Waals surface area contributed by atoms with Crippen LogP contribution in [0.1, 0.15) is 52.7 Å².